The minimum Gasteiger partial charge on any atom is -0.474 e. The van der Waals surface area contributed by atoms with Gasteiger partial charge in [-0.1, -0.05) is 13.8 Å². The summed E-state index contributed by atoms with van der Waals surface area (Å²) in [6.45, 7) is 4.64. The summed E-state index contributed by atoms with van der Waals surface area (Å²) in [5.74, 6) is 0.656. The van der Waals surface area contributed by atoms with Crippen LogP contribution in [0.1, 0.15) is 39.5 Å². The molecule has 0 aromatic carbocycles. The molecule has 1 aromatic heterocycles. The molecule has 0 atom stereocenters. The van der Waals surface area contributed by atoms with Crippen molar-refractivity contribution in [2.75, 3.05) is 5.73 Å². The molecular formula is C13H19BrN2O. The standard InChI is InChI=1S/C13H19BrN2O/c1-13(2)5-3-10(4-6-13)17-12-11(14)7-9(15)8-16-12/h7-8,10H,3-6,15H2,1-2H3. The van der Waals surface area contributed by atoms with Crippen molar-refractivity contribution in [1.29, 1.82) is 0 Å². The first-order chi connectivity index (χ1) is 7.96. The van der Waals surface area contributed by atoms with E-state index in [0.29, 0.717) is 17.0 Å². The number of hydrogen-bond donors (Lipinski definition) is 1. The van der Waals surface area contributed by atoms with E-state index in [1.165, 1.54) is 12.8 Å². The molecular weight excluding hydrogens is 280 g/mol. The summed E-state index contributed by atoms with van der Waals surface area (Å²) < 4.78 is 6.76. The Morgan fingerprint density at radius 2 is 2.06 bits per heavy atom. The third kappa shape index (κ3) is 3.35. The molecule has 0 unspecified atom stereocenters. The van der Waals surface area contributed by atoms with E-state index in [9.17, 15) is 0 Å². The number of halogens is 1. The molecule has 0 amide bonds. The van der Waals surface area contributed by atoms with Crippen molar-refractivity contribution in [1.82, 2.24) is 4.98 Å². The predicted molar refractivity (Wildman–Crippen MR) is 73.0 cm³/mol. The van der Waals surface area contributed by atoms with Crippen molar-refractivity contribution in [2.45, 2.75) is 45.6 Å². The molecule has 1 aliphatic carbocycles. The quantitative estimate of drug-likeness (QED) is 0.904. The summed E-state index contributed by atoms with van der Waals surface area (Å²) in [7, 11) is 0. The van der Waals surface area contributed by atoms with Gasteiger partial charge in [-0.15, -0.1) is 0 Å². The van der Waals surface area contributed by atoms with Gasteiger partial charge in [0.1, 0.15) is 6.10 Å². The second-order valence-electron chi connectivity index (χ2n) is 5.54. The number of ether oxygens (including phenoxy) is 1. The number of pyridine rings is 1. The summed E-state index contributed by atoms with van der Waals surface area (Å²) in [6.07, 6.45) is 6.55. The molecule has 0 spiro atoms. The molecule has 2 rings (SSSR count). The molecule has 4 heteroatoms. The molecule has 1 heterocycles. The Bertz CT molecular complexity index is 396. The van der Waals surface area contributed by atoms with Crippen LogP contribution in [0.5, 0.6) is 5.88 Å². The summed E-state index contributed by atoms with van der Waals surface area (Å²) in [5.41, 5.74) is 6.76. The molecule has 0 radical (unpaired) electrons. The average molecular weight is 299 g/mol. The summed E-state index contributed by atoms with van der Waals surface area (Å²) in [4.78, 5) is 4.21. The molecule has 0 bridgehead atoms. The van der Waals surface area contributed by atoms with Gasteiger partial charge in [0.2, 0.25) is 5.88 Å². The van der Waals surface area contributed by atoms with Crippen molar-refractivity contribution in [2.24, 2.45) is 5.41 Å². The highest BCUT2D eigenvalue weighted by atomic mass is 79.9. The Balaban J connectivity index is 1.98. The van der Waals surface area contributed by atoms with E-state index in [2.05, 4.69) is 34.8 Å². The first-order valence-electron chi connectivity index (χ1n) is 6.04. The zero-order chi connectivity index (χ0) is 12.5. The van der Waals surface area contributed by atoms with Crippen LogP contribution in [0.15, 0.2) is 16.7 Å². The van der Waals surface area contributed by atoms with Crippen LogP contribution >= 0.6 is 15.9 Å². The molecule has 1 aromatic rings. The second kappa shape index (κ2) is 4.84. The lowest BCUT2D eigenvalue weighted by Gasteiger charge is -2.34. The van der Waals surface area contributed by atoms with Crippen molar-refractivity contribution in [3.63, 3.8) is 0 Å². The minimum atomic E-state index is 0.287. The summed E-state index contributed by atoms with van der Waals surface area (Å²) in [5, 5.41) is 0. The van der Waals surface area contributed by atoms with Crippen LogP contribution < -0.4 is 10.5 Å². The number of hydrogen-bond acceptors (Lipinski definition) is 3. The molecule has 1 fully saturated rings. The van der Waals surface area contributed by atoms with Gasteiger partial charge in [0.05, 0.1) is 16.4 Å². The summed E-state index contributed by atoms with van der Waals surface area (Å²) >= 11 is 3.43. The number of rotatable bonds is 2. The Hall–Kier alpha value is -0.770. The largest absolute Gasteiger partial charge is 0.474 e. The lowest BCUT2D eigenvalue weighted by atomic mass is 9.76. The van der Waals surface area contributed by atoms with Crippen LogP contribution in [0.4, 0.5) is 5.69 Å². The Labute approximate surface area is 111 Å². The van der Waals surface area contributed by atoms with Crippen LogP contribution in [0, 0.1) is 5.41 Å². The lowest BCUT2D eigenvalue weighted by molar-refractivity contribution is 0.0942. The molecule has 94 valence electrons. The van der Waals surface area contributed by atoms with Gasteiger partial charge in [0.15, 0.2) is 0 Å². The highest BCUT2D eigenvalue weighted by molar-refractivity contribution is 9.10. The average Bonchev–Trinajstić information content (AvgIpc) is 2.25. The van der Waals surface area contributed by atoms with Crippen LogP contribution in [0.25, 0.3) is 0 Å². The van der Waals surface area contributed by atoms with Gasteiger partial charge >= 0.3 is 0 Å². The fourth-order valence-corrected chi connectivity index (χ4v) is 2.64. The van der Waals surface area contributed by atoms with E-state index in [1.807, 2.05) is 6.07 Å². The van der Waals surface area contributed by atoms with Crippen LogP contribution in [-0.4, -0.2) is 11.1 Å². The predicted octanol–water partition coefficient (Wildman–Crippen LogP) is 3.77. The highest BCUT2D eigenvalue weighted by Gasteiger charge is 2.28. The van der Waals surface area contributed by atoms with Gasteiger partial charge in [-0.05, 0) is 53.1 Å². The first-order valence-corrected chi connectivity index (χ1v) is 6.83. The SMILES string of the molecule is CC1(C)CCC(Oc2ncc(N)cc2Br)CC1. The Morgan fingerprint density at radius 3 is 2.65 bits per heavy atom. The molecule has 3 nitrogen and oxygen atoms in total. The maximum absolute atomic E-state index is 5.92. The second-order valence-corrected chi connectivity index (χ2v) is 6.39. The zero-order valence-electron chi connectivity index (χ0n) is 10.4. The highest BCUT2D eigenvalue weighted by Crippen LogP contribution is 2.37. The Kier molecular flexibility index (Phi) is 3.61. The van der Waals surface area contributed by atoms with Crippen molar-refractivity contribution in [3.8, 4) is 5.88 Å². The van der Waals surface area contributed by atoms with Gasteiger partial charge in [-0.3, -0.25) is 0 Å². The van der Waals surface area contributed by atoms with E-state index >= 15 is 0 Å². The third-order valence-electron chi connectivity index (χ3n) is 3.39. The van der Waals surface area contributed by atoms with Gasteiger partial charge in [-0.2, -0.15) is 0 Å². The summed E-state index contributed by atoms with van der Waals surface area (Å²) in [6, 6.07) is 1.83. The van der Waals surface area contributed by atoms with Crippen molar-refractivity contribution >= 4 is 21.6 Å². The number of nitrogens with zero attached hydrogens (tertiary/aromatic N) is 1. The molecule has 0 aliphatic heterocycles. The van der Waals surface area contributed by atoms with Crippen molar-refractivity contribution < 1.29 is 4.74 Å². The van der Waals surface area contributed by atoms with E-state index in [-0.39, 0.29) is 6.10 Å². The van der Waals surface area contributed by atoms with E-state index < -0.39 is 0 Å². The molecule has 0 saturated heterocycles. The smallest absolute Gasteiger partial charge is 0.228 e. The zero-order valence-corrected chi connectivity index (χ0v) is 12.0. The van der Waals surface area contributed by atoms with Gasteiger partial charge in [0, 0.05) is 0 Å². The third-order valence-corrected chi connectivity index (χ3v) is 3.96. The fourth-order valence-electron chi connectivity index (χ4n) is 2.18. The van der Waals surface area contributed by atoms with Crippen LogP contribution in [0.2, 0.25) is 0 Å². The topological polar surface area (TPSA) is 48.1 Å². The monoisotopic (exact) mass is 298 g/mol. The van der Waals surface area contributed by atoms with Gasteiger partial charge in [-0.25, -0.2) is 4.98 Å². The van der Waals surface area contributed by atoms with Crippen LogP contribution in [0.3, 0.4) is 0 Å². The van der Waals surface area contributed by atoms with Crippen molar-refractivity contribution in [3.05, 3.63) is 16.7 Å². The van der Waals surface area contributed by atoms with E-state index in [1.54, 1.807) is 6.20 Å². The van der Waals surface area contributed by atoms with E-state index in [0.717, 1.165) is 17.3 Å². The number of nitrogen functional groups attached to an aromatic ring is 1. The number of aromatic nitrogens is 1. The molecule has 1 saturated carbocycles. The molecule has 1 aliphatic rings. The maximum atomic E-state index is 5.92. The Morgan fingerprint density at radius 1 is 1.41 bits per heavy atom. The lowest BCUT2D eigenvalue weighted by Crippen LogP contribution is -2.28. The van der Waals surface area contributed by atoms with Gasteiger partial charge < -0.3 is 10.5 Å². The normalized spacial score (nSPS) is 20.2. The number of anilines is 1. The van der Waals surface area contributed by atoms with Gasteiger partial charge in [0.25, 0.3) is 0 Å². The minimum absolute atomic E-state index is 0.287. The molecule has 2 N–H and O–H groups in total. The maximum Gasteiger partial charge on any atom is 0.228 e. The number of nitrogens with two attached hydrogens (primary N) is 1. The fraction of sp³-hybridized carbons (Fsp3) is 0.615. The van der Waals surface area contributed by atoms with Crippen LogP contribution in [-0.2, 0) is 0 Å². The molecule has 17 heavy (non-hydrogen) atoms. The van der Waals surface area contributed by atoms with E-state index in [4.69, 9.17) is 10.5 Å². The first kappa shape index (κ1) is 12.7.